The van der Waals surface area contributed by atoms with Crippen molar-refractivity contribution in [1.82, 2.24) is 0 Å². The predicted octanol–water partition coefficient (Wildman–Crippen LogP) is 1.99. The number of halogens is 1. The average molecular weight is 305 g/mol. The molecule has 1 aromatic rings. The van der Waals surface area contributed by atoms with Crippen molar-refractivity contribution in [2.45, 2.75) is 22.6 Å². The Bertz CT molecular complexity index is 474. The van der Waals surface area contributed by atoms with E-state index in [1.807, 2.05) is 0 Å². The summed E-state index contributed by atoms with van der Waals surface area (Å²) in [4.78, 5) is 11.0. The van der Waals surface area contributed by atoms with E-state index in [1.165, 1.54) is 6.26 Å². The van der Waals surface area contributed by atoms with E-state index in [-0.39, 0.29) is 0 Å². The maximum absolute atomic E-state index is 11.2. The third-order valence-electron chi connectivity index (χ3n) is 2.15. The molecule has 88 valence electrons. The van der Waals surface area contributed by atoms with Crippen LogP contribution in [0.5, 0.6) is 0 Å². The van der Waals surface area contributed by atoms with Crippen molar-refractivity contribution >= 4 is 32.1 Å². The number of carbonyl (C=O) groups excluding carboxylic acids is 1. The molecule has 5 heteroatoms. The Morgan fingerprint density at radius 1 is 1.31 bits per heavy atom. The van der Waals surface area contributed by atoms with Crippen LogP contribution in [0.1, 0.15) is 12.5 Å². The van der Waals surface area contributed by atoms with Gasteiger partial charge in [0.15, 0.2) is 9.84 Å². The summed E-state index contributed by atoms with van der Waals surface area (Å²) in [5, 5.41) is 0. The van der Waals surface area contributed by atoms with Gasteiger partial charge in [-0.2, -0.15) is 0 Å². The van der Waals surface area contributed by atoms with Crippen molar-refractivity contribution in [3.8, 4) is 0 Å². The molecule has 0 heterocycles. The van der Waals surface area contributed by atoms with Crippen molar-refractivity contribution in [3.05, 3.63) is 29.8 Å². The molecule has 0 amide bonds. The van der Waals surface area contributed by atoms with E-state index in [4.69, 9.17) is 0 Å². The molecule has 1 rings (SSSR count). The van der Waals surface area contributed by atoms with Crippen molar-refractivity contribution < 1.29 is 13.2 Å². The molecule has 1 unspecified atom stereocenters. The second-order valence-corrected chi connectivity index (χ2v) is 7.82. The maximum atomic E-state index is 11.2. The molecular formula is C11H13BrO3S. The van der Waals surface area contributed by atoms with Crippen LogP contribution in [0.15, 0.2) is 29.2 Å². The van der Waals surface area contributed by atoms with Crippen LogP contribution < -0.4 is 0 Å². The standard InChI is InChI=1S/C11H13BrO3S/c1-11(12,8-13)7-9-3-5-10(6-4-9)16(2,14)15/h3-6,8H,7H2,1-2H3. The van der Waals surface area contributed by atoms with Gasteiger partial charge in [0.1, 0.15) is 6.29 Å². The predicted molar refractivity (Wildman–Crippen MR) is 66.7 cm³/mol. The van der Waals surface area contributed by atoms with Gasteiger partial charge >= 0.3 is 0 Å². The lowest BCUT2D eigenvalue weighted by atomic mass is 10.0. The van der Waals surface area contributed by atoms with Gasteiger partial charge < -0.3 is 4.79 Å². The number of hydrogen-bond donors (Lipinski definition) is 0. The molecule has 0 spiro atoms. The lowest BCUT2D eigenvalue weighted by Crippen LogP contribution is -2.20. The molecule has 0 fully saturated rings. The highest BCUT2D eigenvalue weighted by Crippen LogP contribution is 2.21. The van der Waals surface area contributed by atoms with Crippen LogP contribution >= 0.6 is 15.9 Å². The molecule has 0 aliphatic carbocycles. The largest absolute Gasteiger partial charge is 0.302 e. The maximum Gasteiger partial charge on any atom is 0.175 e. The van der Waals surface area contributed by atoms with Crippen LogP contribution in [-0.4, -0.2) is 25.3 Å². The monoisotopic (exact) mass is 304 g/mol. The van der Waals surface area contributed by atoms with Crippen LogP contribution in [0, 0.1) is 0 Å². The zero-order valence-corrected chi connectivity index (χ0v) is 11.5. The van der Waals surface area contributed by atoms with Crippen molar-refractivity contribution in [2.24, 2.45) is 0 Å². The number of sulfone groups is 1. The fourth-order valence-corrected chi connectivity index (χ4v) is 2.25. The summed E-state index contributed by atoms with van der Waals surface area (Å²) in [6.07, 6.45) is 2.53. The second kappa shape index (κ2) is 4.67. The van der Waals surface area contributed by atoms with Gasteiger partial charge in [0.05, 0.1) is 9.22 Å². The minimum atomic E-state index is -3.15. The fraction of sp³-hybridized carbons (Fsp3) is 0.364. The molecule has 0 saturated carbocycles. The van der Waals surface area contributed by atoms with Crippen molar-refractivity contribution in [2.75, 3.05) is 6.26 Å². The van der Waals surface area contributed by atoms with E-state index in [9.17, 15) is 13.2 Å². The molecule has 0 aliphatic rings. The zero-order valence-electron chi connectivity index (χ0n) is 9.10. The highest BCUT2D eigenvalue weighted by Gasteiger charge is 2.19. The van der Waals surface area contributed by atoms with E-state index in [2.05, 4.69) is 15.9 Å². The van der Waals surface area contributed by atoms with Gasteiger partial charge in [-0.3, -0.25) is 0 Å². The molecule has 3 nitrogen and oxygen atoms in total. The van der Waals surface area contributed by atoms with Gasteiger partial charge in [0.25, 0.3) is 0 Å². The summed E-state index contributed by atoms with van der Waals surface area (Å²) >= 11 is 3.29. The molecule has 1 atom stereocenters. The van der Waals surface area contributed by atoms with Crippen molar-refractivity contribution in [3.63, 3.8) is 0 Å². The quantitative estimate of drug-likeness (QED) is 0.631. The Morgan fingerprint density at radius 3 is 2.19 bits per heavy atom. The Morgan fingerprint density at radius 2 is 1.81 bits per heavy atom. The van der Waals surface area contributed by atoms with Crippen molar-refractivity contribution in [1.29, 1.82) is 0 Å². The van der Waals surface area contributed by atoms with Gasteiger partial charge in [-0.15, -0.1) is 0 Å². The molecule has 0 bridgehead atoms. The first-order chi connectivity index (χ1) is 7.24. The third kappa shape index (κ3) is 3.72. The van der Waals surface area contributed by atoms with E-state index < -0.39 is 14.2 Å². The van der Waals surface area contributed by atoms with Crippen LogP contribution in [-0.2, 0) is 21.1 Å². The number of benzene rings is 1. The second-order valence-electron chi connectivity index (χ2n) is 3.99. The molecule has 0 aromatic heterocycles. The molecule has 16 heavy (non-hydrogen) atoms. The fourth-order valence-electron chi connectivity index (χ4n) is 1.30. The number of hydrogen-bond acceptors (Lipinski definition) is 3. The Kier molecular flexibility index (Phi) is 3.91. The molecule has 0 aliphatic heterocycles. The lowest BCUT2D eigenvalue weighted by molar-refractivity contribution is -0.109. The van der Waals surface area contributed by atoms with E-state index in [0.29, 0.717) is 11.3 Å². The first kappa shape index (κ1) is 13.4. The van der Waals surface area contributed by atoms with E-state index in [1.54, 1.807) is 31.2 Å². The summed E-state index contributed by atoms with van der Waals surface area (Å²) in [6.45, 7) is 1.77. The van der Waals surface area contributed by atoms with E-state index in [0.717, 1.165) is 11.8 Å². The van der Waals surface area contributed by atoms with Gasteiger partial charge in [-0.25, -0.2) is 8.42 Å². The highest BCUT2D eigenvalue weighted by atomic mass is 79.9. The minimum Gasteiger partial charge on any atom is -0.302 e. The Labute approximate surface area is 104 Å². The minimum absolute atomic E-state index is 0.290. The zero-order chi connectivity index (χ0) is 12.4. The normalized spacial score (nSPS) is 15.4. The SMILES string of the molecule is CC(Br)(C=O)Cc1ccc(S(C)(=O)=O)cc1. The Balaban J connectivity index is 2.93. The van der Waals surface area contributed by atoms with Gasteiger partial charge in [-0.05, 0) is 31.0 Å². The number of carbonyl (C=O) groups is 1. The third-order valence-corrected chi connectivity index (χ3v) is 3.74. The summed E-state index contributed by atoms with van der Waals surface area (Å²) in [6, 6.07) is 6.55. The lowest BCUT2D eigenvalue weighted by Gasteiger charge is -2.14. The summed E-state index contributed by atoms with van der Waals surface area (Å²) < 4.78 is 21.8. The van der Waals surface area contributed by atoms with Crippen LogP contribution in [0.25, 0.3) is 0 Å². The average Bonchev–Trinajstić information content (AvgIpc) is 2.16. The van der Waals surface area contributed by atoms with Crippen LogP contribution in [0.4, 0.5) is 0 Å². The smallest absolute Gasteiger partial charge is 0.175 e. The van der Waals surface area contributed by atoms with Crippen LogP contribution in [0.2, 0.25) is 0 Å². The number of aldehydes is 1. The van der Waals surface area contributed by atoms with Gasteiger partial charge in [0.2, 0.25) is 0 Å². The Hall–Kier alpha value is -0.680. The molecular weight excluding hydrogens is 292 g/mol. The number of rotatable bonds is 4. The highest BCUT2D eigenvalue weighted by molar-refractivity contribution is 9.10. The van der Waals surface area contributed by atoms with Crippen LogP contribution in [0.3, 0.4) is 0 Å². The topological polar surface area (TPSA) is 51.2 Å². The summed E-state index contributed by atoms with van der Waals surface area (Å²) in [5.74, 6) is 0. The summed E-state index contributed by atoms with van der Waals surface area (Å²) in [5.41, 5.74) is 0.916. The van der Waals surface area contributed by atoms with E-state index >= 15 is 0 Å². The first-order valence-electron chi connectivity index (χ1n) is 4.69. The van der Waals surface area contributed by atoms with Gasteiger partial charge in [0, 0.05) is 6.26 Å². The van der Waals surface area contributed by atoms with Gasteiger partial charge in [-0.1, -0.05) is 28.1 Å². The first-order valence-corrected chi connectivity index (χ1v) is 7.37. The molecule has 1 aromatic carbocycles. The summed E-state index contributed by atoms with van der Waals surface area (Å²) in [7, 11) is -3.15. The number of alkyl halides is 1. The molecule has 0 N–H and O–H groups in total. The molecule has 0 radical (unpaired) electrons. The molecule has 0 saturated heterocycles.